The van der Waals surface area contributed by atoms with Crippen molar-refractivity contribution < 1.29 is 13.9 Å². The van der Waals surface area contributed by atoms with E-state index < -0.39 is 5.63 Å². The molecule has 0 bridgehead atoms. The molecule has 5 nitrogen and oxygen atoms in total. The second-order valence-corrected chi connectivity index (χ2v) is 5.15. The third-order valence-corrected chi connectivity index (χ3v) is 3.39. The van der Waals surface area contributed by atoms with Crippen LogP contribution in [0.1, 0.15) is 17.3 Å². The van der Waals surface area contributed by atoms with Crippen LogP contribution >= 0.6 is 0 Å². The first-order valence-corrected chi connectivity index (χ1v) is 7.45. The molecule has 0 aliphatic heterocycles. The molecular weight excluding hydrogens is 306 g/mol. The maximum absolute atomic E-state index is 12.3. The van der Waals surface area contributed by atoms with Crippen molar-refractivity contribution in [3.8, 4) is 5.75 Å². The van der Waals surface area contributed by atoms with Gasteiger partial charge in [0.15, 0.2) is 16.7 Å². The van der Waals surface area contributed by atoms with Crippen molar-refractivity contribution in [2.75, 3.05) is 6.61 Å². The van der Waals surface area contributed by atoms with E-state index in [0.717, 1.165) is 5.22 Å². The molecule has 0 radical (unpaired) electrons. The fourth-order valence-electron chi connectivity index (χ4n) is 2.24. The highest BCUT2D eigenvalue weighted by Crippen LogP contribution is 2.12. The van der Waals surface area contributed by atoms with Gasteiger partial charge < -0.3 is 9.15 Å². The van der Waals surface area contributed by atoms with Crippen molar-refractivity contribution in [2.45, 2.75) is 6.92 Å². The van der Waals surface area contributed by atoms with E-state index in [1.165, 1.54) is 6.08 Å². The maximum Gasteiger partial charge on any atom is 0.362 e. The number of carbonyl (C=O) groups is 1. The highest BCUT2D eigenvalue weighted by molar-refractivity contribution is 6.17. The lowest BCUT2D eigenvalue weighted by molar-refractivity contribution is 0.106. The van der Waals surface area contributed by atoms with Crippen LogP contribution in [-0.2, 0) is 0 Å². The van der Waals surface area contributed by atoms with E-state index in [1.54, 1.807) is 42.5 Å². The van der Waals surface area contributed by atoms with Crippen LogP contribution in [0, 0.1) is 0 Å². The Kier molecular flexibility index (Phi) is 4.24. The molecule has 1 heterocycles. The zero-order valence-corrected chi connectivity index (χ0v) is 13.1. The predicted molar refractivity (Wildman–Crippen MR) is 91.5 cm³/mol. The highest BCUT2D eigenvalue weighted by Gasteiger charge is 2.06. The van der Waals surface area contributed by atoms with Crippen LogP contribution < -0.4 is 20.9 Å². The van der Waals surface area contributed by atoms with Gasteiger partial charge in [-0.15, -0.1) is 0 Å². The summed E-state index contributed by atoms with van der Waals surface area (Å²) >= 11 is 0. The lowest BCUT2D eigenvalue weighted by atomic mass is 10.1. The van der Waals surface area contributed by atoms with Crippen molar-refractivity contribution in [3.63, 3.8) is 0 Å². The Morgan fingerprint density at radius 2 is 2.00 bits per heavy atom. The minimum absolute atomic E-state index is 0.0294. The van der Waals surface area contributed by atoms with Gasteiger partial charge in [-0.25, -0.2) is 9.78 Å². The third-order valence-electron chi connectivity index (χ3n) is 3.39. The van der Waals surface area contributed by atoms with Gasteiger partial charge in [-0.2, -0.15) is 0 Å². The topological polar surface area (TPSA) is 69.4 Å². The van der Waals surface area contributed by atoms with Gasteiger partial charge in [0.1, 0.15) is 11.3 Å². The maximum atomic E-state index is 12.3. The molecule has 0 aliphatic rings. The minimum Gasteiger partial charge on any atom is -0.494 e. The number of fused-ring (bicyclic) bond motifs is 1. The first-order valence-electron chi connectivity index (χ1n) is 7.45. The Bertz CT molecular complexity index is 1070. The largest absolute Gasteiger partial charge is 0.494 e. The molecule has 2 aromatic carbocycles. The van der Waals surface area contributed by atoms with Crippen LogP contribution in [0.25, 0.3) is 23.8 Å². The zero-order chi connectivity index (χ0) is 17.1. The average molecular weight is 321 g/mol. The standard InChI is InChI=1S/C19H15NO4/c1-3-23-14-7-5-13(6-8-14)17(21)11-16-19(22)24-18-10-12(2)4-9-15(18)20-16/h4-11H,2-3H2,1H3/b16-11+. The van der Waals surface area contributed by atoms with E-state index in [2.05, 4.69) is 11.6 Å². The van der Waals surface area contributed by atoms with Crippen LogP contribution in [0.5, 0.6) is 5.75 Å². The predicted octanol–water partition coefficient (Wildman–Crippen LogP) is 1.66. The molecule has 0 spiro atoms. The van der Waals surface area contributed by atoms with E-state index >= 15 is 0 Å². The van der Waals surface area contributed by atoms with Crippen molar-refractivity contribution >= 4 is 29.5 Å². The third kappa shape index (κ3) is 3.25. The Hall–Kier alpha value is -3.21. The van der Waals surface area contributed by atoms with Crippen molar-refractivity contribution in [3.05, 3.63) is 69.0 Å². The summed E-state index contributed by atoms with van der Waals surface area (Å²) in [7, 11) is 0. The van der Waals surface area contributed by atoms with Crippen molar-refractivity contribution in [2.24, 2.45) is 0 Å². The number of ether oxygens (including phenoxy) is 1. The lowest BCUT2D eigenvalue weighted by Gasteiger charge is -2.02. The minimum atomic E-state index is -0.660. The van der Waals surface area contributed by atoms with Crippen LogP contribution in [0.3, 0.4) is 0 Å². The van der Waals surface area contributed by atoms with Gasteiger partial charge in [-0.3, -0.25) is 4.79 Å². The van der Waals surface area contributed by atoms with Gasteiger partial charge in [-0.1, -0.05) is 12.6 Å². The molecule has 3 rings (SSSR count). The van der Waals surface area contributed by atoms with Gasteiger partial charge in [-0.05, 0) is 48.5 Å². The summed E-state index contributed by atoms with van der Waals surface area (Å²) in [5.41, 5.74) is 0.617. The second-order valence-electron chi connectivity index (χ2n) is 5.15. The smallest absolute Gasteiger partial charge is 0.362 e. The van der Waals surface area contributed by atoms with Gasteiger partial charge >= 0.3 is 5.63 Å². The molecule has 24 heavy (non-hydrogen) atoms. The summed E-state index contributed by atoms with van der Waals surface area (Å²) in [5, 5.41) is 0.688. The molecule has 0 saturated heterocycles. The van der Waals surface area contributed by atoms with Crippen LogP contribution in [-0.4, -0.2) is 17.4 Å². The molecule has 5 heteroatoms. The Labute approximate surface area is 137 Å². The second kappa shape index (κ2) is 6.50. The molecule has 0 saturated carbocycles. The number of Topliss-reactive ketones (excluding diaryl/α,β-unsaturated/α-hetero) is 1. The summed E-state index contributed by atoms with van der Waals surface area (Å²) < 4.78 is 10.5. The first-order chi connectivity index (χ1) is 11.6. The normalized spacial score (nSPS) is 11.6. The number of hydrogen-bond acceptors (Lipinski definition) is 5. The van der Waals surface area contributed by atoms with Gasteiger partial charge in [0.05, 0.1) is 6.61 Å². The lowest BCUT2D eigenvalue weighted by Crippen LogP contribution is -2.28. The Morgan fingerprint density at radius 1 is 1.25 bits per heavy atom. The monoisotopic (exact) mass is 321 g/mol. The highest BCUT2D eigenvalue weighted by atomic mass is 16.5. The number of hydrogen-bond donors (Lipinski definition) is 0. The fourth-order valence-corrected chi connectivity index (χ4v) is 2.24. The number of carbonyl (C=O) groups excluding carboxylic acids is 1. The van der Waals surface area contributed by atoms with Gasteiger partial charge in [0.25, 0.3) is 0 Å². The molecule has 0 N–H and O–H groups in total. The summed E-state index contributed by atoms with van der Waals surface area (Å²) in [6, 6.07) is 11.8. The SMILES string of the molecule is C=c1ccc2n/c(=C/C(=O)c3ccc(OCC)cc3)c(=O)oc2c1. The van der Waals surface area contributed by atoms with Crippen molar-refractivity contribution in [1.82, 2.24) is 4.98 Å². The molecule has 0 unspecified atom stereocenters. The number of rotatable bonds is 4. The molecule has 120 valence electrons. The van der Waals surface area contributed by atoms with Crippen molar-refractivity contribution in [1.29, 1.82) is 0 Å². The van der Waals surface area contributed by atoms with E-state index in [4.69, 9.17) is 9.15 Å². The molecular formula is C19H15NO4. The first kappa shape index (κ1) is 15.7. The number of ketones is 1. The Balaban J connectivity index is 2.01. The van der Waals surface area contributed by atoms with Crippen LogP contribution in [0.2, 0.25) is 0 Å². The Morgan fingerprint density at radius 3 is 2.71 bits per heavy atom. The molecule has 0 atom stereocenters. The summed E-state index contributed by atoms with van der Waals surface area (Å²) in [4.78, 5) is 28.5. The molecule has 0 aliphatic carbocycles. The fraction of sp³-hybridized carbons (Fsp3) is 0.105. The quantitative estimate of drug-likeness (QED) is 0.684. The summed E-state index contributed by atoms with van der Waals surface area (Å²) in [6.45, 7) is 6.21. The average Bonchev–Trinajstić information content (AvgIpc) is 2.56. The molecule has 3 aromatic rings. The zero-order valence-electron chi connectivity index (χ0n) is 13.1. The van der Waals surface area contributed by atoms with E-state index in [-0.39, 0.29) is 11.1 Å². The van der Waals surface area contributed by atoms with E-state index in [1.807, 2.05) is 6.92 Å². The summed E-state index contributed by atoms with van der Waals surface area (Å²) in [6.07, 6.45) is 1.18. The molecule has 1 aromatic heterocycles. The van der Waals surface area contributed by atoms with E-state index in [0.29, 0.717) is 29.0 Å². The van der Waals surface area contributed by atoms with Crippen LogP contribution in [0.15, 0.2) is 51.7 Å². The van der Waals surface area contributed by atoms with Gasteiger partial charge in [0.2, 0.25) is 0 Å². The summed E-state index contributed by atoms with van der Waals surface area (Å²) in [5.74, 6) is 0.354. The molecule has 0 fully saturated rings. The number of benzene rings is 2. The molecule has 0 amide bonds. The van der Waals surface area contributed by atoms with Crippen LogP contribution in [0.4, 0.5) is 0 Å². The van der Waals surface area contributed by atoms with Gasteiger partial charge in [0, 0.05) is 11.6 Å². The number of aromatic nitrogens is 1. The van der Waals surface area contributed by atoms with E-state index in [9.17, 15) is 9.59 Å². The number of nitrogens with zero attached hydrogens (tertiary/aromatic N) is 1.